The van der Waals surface area contributed by atoms with E-state index in [1.165, 1.54) is 31.5 Å². The molecule has 1 N–H and O–H groups in total. The van der Waals surface area contributed by atoms with Crippen LogP contribution >= 0.6 is 0 Å². The smallest absolute Gasteiger partial charge is 0.0218 e. The normalized spacial score (nSPS) is 22.2. The van der Waals surface area contributed by atoms with E-state index in [9.17, 15) is 0 Å². The van der Waals surface area contributed by atoms with E-state index in [-0.39, 0.29) is 0 Å². The Bertz CT molecular complexity index is 297. The molecular formula is C14H22N2. The molecule has 1 saturated heterocycles. The highest BCUT2D eigenvalue weighted by Gasteiger charge is 2.19. The maximum absolute atomic E-state index is 3.47. The topological polar surface area (TPSA) is 15.3 Å². The van der Waals surface area contributed by atoms with E-state index in [4.69, 9.17) is 0 Å². The molecule has 0 amide bonds. The van der Waals surface area contributed by atoms with Crippen LogP contribution in [-0.4, -0.2) is 37.1 Å². The number of hydrogen-bond acceptors (Lipinski definition) is 2. The zero-order chi connectivity index (χ0) is 11.2. The lowest BCUT2D eigenvalue weighted by molar-refractivity contribution is 0.159. The molecule has 1 unspecified atom stereocenters. The predicted molar refractivity (Wildman–Crippen MR) is 68.7 cm³/mol. The van der Waals surface area contributed by atoms with Crippen molar-refractivity contribution in [2.45, 2.75) is 25.8 Å². The lowest BCUT2D eigenvalue weighted by atomic mass is 10.1. The highest BCUT2D eigenvalue weighted by atomic mass is 15.2. The monoisotopic (exact) mass is 218 g/mol. The quantitative estimate of drug-likeness (QED) is 0.830. The molecule has 1 atom stereocenters. The van der Waals surface area contributed by atoms with Crippen LogP contribution in [0.2, 0.25) is 0 Å². The van der Waals surface area contributed by atoms with E-state index in [0.29, 0.717) is 0 Å². The van der Waals surface area contributed by atoms with Gasteiger partial charge in [0, 0.05) is 32.2 Å². The number of nitrogens with one attached hydrogen (secondary N) is 1. The van der Waals surface area contributed by atoms with Crippen molar-refractivity contribution >= 4 is 0 Å². The standard InChI is InChI=1S/C14H22N2/c1-2-14-12-15-9-11-16(14)10-8-13-6-4-3-5-7-13/h3-7,14-15H,2,8-12H2,1H3. The summed E-state index contributed by atoms with van der Waals surface area (Å²) >= 11 is 0. The average Bonchev–Trinajstić information content (AvgIpc) is 2.38. The number of benzene rings is 1. The Hall–Kier alpha value is -0.860. The van der Waals surface area contributed by atoms with E-state index in [0.717, 1.165) is 19.1 Å². The molecule has 1 aromatic rings. The summed E-state index contributed by atoms with van der Waals surface area (Å²) in [6.07, 6.45) is 2.43. The molecular weight excluding hydrogens is 196 g/mol. The fourth-order valence-corrected chi connectivity index (χ4v) is 2.42. The first kappa shape index (κ1) is 11.6. The molecule has 0 radical (unpaired) electrons. The molecule has 1 fully saturated rings. The first-order chi connectivity index (χ1) is 7.90. The molecule has 0 saturated carbocycles. The highest BCUT2D eigenvalue weighted by Crippen LogP contribution is 2.09. The zero-order valence-corrected chi connectivity index (χ0v) is 10.2. The van der Waals surface area contributed by atoms with Gasteiger partial charge in [-0.3, -0.25) is 4.90 Å². The van der Waals surface area contributed by atoms with Gasteiger partial charge in [-0.25, -0.2) is 0 Å². The van der Waals surface area contributed by atoms with Crippen LogP contribution in [-0.2, 0) is 6.42 Å². The van der Waals surface area contributed by atoms with Crippen molar-refractivity contribution in [1.82, 2.24) is 10.2 Å². The van der Waals surface area contributed by atoms with Crippen molar-refractivity contribution in [2.75, 3.05) is 26.2 Å². The van der Waals surface area contributed by atoms with Gasteiger partial charge >= 0.3 is 0 Å². The van der Waals surface area contributed by atoms with Crippen molar-refractivity contribution in [1.29, 1.82) is 0 Å². The van der Waals surface area contributed by atoms with Gasteiger partial charge in [-0.2, -0.15) is 0 Å². The fourth-order valence-electron chi connectivity index (χ4n) is 2.42. The average molecular weight is 218 g/mol. The van der Waals surface area contributed by atoms with Gasteiger partial charge in [0.05, 0.1) is 0 Å². The first-order valence-corrected chi connectivity index (χ1v) is 6.39. The molecule has 0 spiro atoms. The summed E-state index contributed by atoms with van der Waals surface area (Å²) in [7, 11) is 0. The Morgan fingerprint density at radius 3 is 2.88 bits per heavy atom. The molecule has 1 aromatic carbocycles. The molecule has 2 rings (SSSR count). The maximum Gasteiger partial charge on any atom is 0.0218 e. The van der Waals surface area contributed by atoms with Crippen molar-refractivity contribution in [3.8, 4) is 0 Å². The number of nitrogens with zero attached hydrogens (tertiary/aromatic N) is 1. The second kappa shape index (κ2) is 6.02. The van der Waals surface area contributed by atoms with Crippen molar-refractivity contribution < 1.29 is 0 Å². The van der Waals surface area contributed by atoms with E-state index >= 15 is 0 Å². The van der Waals surface area contributed by atoms with Crippen LogP contribution in [0.3, 0.4) is 0 Å². The second-order valence-electron chi connectivity index (χ2n) is 4.54. The van der Waals surface area contributed by atoms with E-state index < -0.39 is 0 Å². The molecule has 1 aliphatic heterocycles. The van der Waals surface area contributed by atoms with Gasteiger partial charge in [0.15, 0.2) is 0 Å². The van der Waals surface area contributed by atoms with Crippen molar-refractivity contribution in [3.05, 3.63) is 35.9 Å². The molecule has 1 aliphatic rings. The third-order valence-corrected chi connectivity index (χ3v) is 3.47. The van der Waals surface area contributed by atoms with Crippen LogP contribution in [0, 0.1) is 0 Å². The Morgan fingerprint density at radius 2 is 2.12 bits per heavy atom. The Kier molecular flexibility index (Phi) is 4.37. The van der Waals surface area contributed by atoms with Gasteiger partial charge in [0.25, 0.3) is 0 Å². The van der Waals surface area contributed by atoms with Crippen molar-refractivity contribution in [2.24, 2.45) is 0 Å². The molecule has 0 aliphatic carbocycles. The van der Waals surface area contributed by atoms with Crippen LogP contribution in [0.1, 0.15) is 18.9 Å². The van der Waals surface area contributed by atoms with E-state index in [1.54, 1.807) is 0 Å². The summed E-state index contributed by atoms with van der Waals surface area (Å²) < 4.78 is 0. The summed E-state index contributed by atoms with van der Waals surface area (Å²) in [5, 5.41) is 3.47. The van der Waals surface area contributed by atoms with Crippen LogP contribution in [0.4, 0.5) is 0 Å². The van der Waals surface area contributed by atoms with Gasteiger partial charge in [-0.15, -0.1) is 0 Å². The minimum absolute atomic E-state index is 0.734. The van der Waals surface area contributed by atoms with Crippen LogP contribution in [0.25, 0.3) is 0 Å². The SMILES string of the molecule is CCC1CNCCN1CCc1ccccc1. The van der Waals surface area contributed by atoms with E-state index in [1.807, 2.05) is 0 Å². The second-order valence-corrected chi connectivity index (χ2v) is 4.54. The minimum atomic E-state index is 0.734. The minimum Gasteiger partial charge on any atom is -0.314 e. The molecule has 2 heteroatoms. The Balaban J connectivity index is 1.84. The first-order valence-electron chi connectivity index (χ1n) is 6.39. The predicted octanol–water partition coefficient (Wildman–Crippen LogP) is 1.91. The zero-order valence-electron chi connectivity index (χ0n) is 10.2. The lowest BCUT2D eigenvalue weighted by Gasteiger charge is -2.35. The fraction of sp³-hybridized carbons (Fsp3) is 0.571. The number of piperazine rings is 1. The van der Waals surface area contributed by atoms with Gasteiger partial charge < -0.3 is 5.32 Å². The van der Waals surface area contributed by atoms with Gasteiger partial charge in [-0.1, -0.05) is 37.3 Å². The van der Waals surface area contributed by atoms with Gasteiger partial charge in [-0.05, 0) is 18.4 Å². The summed E-state index contributed by atoms with van der Waals surface area (Å²) in [4.78, 5) is 2.63. The third kappa shape index (κ3) is 3.06. The number of hydrogen-bond donors (Lipinski definition) is 1. The Morgan fingerprint density at radius 1 is 1.31 bits per heavy atom. The molecule has 88 valence electrons. The van der Waals surface area contributed by atoms with Gasteiger partial charge in [0.2, 0.25) is 0 Å². The number of rotatable bonds is 4. The third-order valence-electron chi connectivity index (χ3n) is 3.47. The molecule has 2 nitrogen and oxygen atoms in total. The molecule has 0 bridgehead atoms. The lowest BCUT2D eigenvalue weighted by Crippen LogP contribution is -2.51. The largest absolute Gasteiger partial charge is 0.314 e. The Labute approximate surface area is 98.7 Å². The van der Waals surface area contributed by atoms with Gasteiger partial charge in [0.1, 0.15) is 0 Å². The van der Waals surface area contributed by atoms with E-state index in [2.05, 4.69) is 47.5 Å². The van der Waals surface area contributed by atoms with Crippen LogP contribution in [0.15, 0.2) is 30.3 Å². The molecule has 0 aromatic heterocycles. The molecule has 16 heavy (non-hydrogen) atoms. The summed E-state index contributed by atoms with van der Waals surface area (Å²) in [5.74, 6) is 0. The summed E-state index contributed by atoms with van der Waals surface area (Å²) in [6.45, 7) is 6.99. The van der Waals surface area contributed by atoms with Crippen LogP contribution < -0.4 is 5.32 Å². The summed E-state index contributed by atoms with van der Waals surface area (Å²) in [5.41, 5.74) is 1.45. The van der Waals surface area contributed by atoms with Crippen molar-refractivity contribution in [3.63, 3.8) is 0 Å². The van der Waals surface area contributed by atoms with Crippen LogP contribution in [0.5, 0.6) is 0 Å². The molecule has 1 heterocycles. The summed E-state index contributed by atoms with van der Waals surface area (Å²) in [6, 6.07) is 11.5. The maximum atomic E-state index is 3.47. The highest BCUT2D eigenvalue weighted by molar-refractivity contribution is 5.14.